The first-order valence-corrected chi connectivity index (χ1v) is 9.54. The van der Waals surface area contributed by atoms with E-state index in [2.05, 4.69) is 30.2 Å². The van der Waals surface area contributed by atoms with Crippen LogP contribution < -0.4 is 15.0 Å². The Morgan fingerprint density at radius 3 is 2.52 bits per heavy atom. The Bertz CT molecular complexity index is 1030. The number of hydrogen-bond acceptors (Lipinski definition) is 7. The second-order valence-electron chi connectivity index (χ2n) is 6.89. The lowest BCUT2D eigenvalue weighted by atomic mass is 10.1. The van der Waals surface area contributed by atoms with Crippen molar-refractivity contribution in [2.45, 2.75) is 25.6 Å². The zero-order valence-electron chi connectivity index (χ0n) is 16.2. The van der Waals surface area contributed by atoms with E-state index in [1.807, 2.05) is 0 Å². The van der Waals surface area contributed by atoms with E-state index in [-0.39, 0.29) is 17.4 Å². The Balaban J connectivity index is 1.52. The lowest BCUT2D eigenvalue weighted by Gasteiger charge is -2.28. The van der Waals surface area contributed by atoms with Gasteiger partial charge in [-0.3, -0.25) is 0 Å². The number of hydrogen-bond donors (Lipinski definition) is 1. The molecule has 0 bridgehead atoms. The van der Waals surface area contributed by atoms with Gasteiger partial charge in [0.1, 0.15) is 11.9 Å². The SMILES string of the molecule is Fc1cnc(N2CCC(F)CC2)nc1Nc1cc(-c2ccc(OC(F)F)cc2)cnn1. The zero-order valence-corrected chi connectivity index (χ0v) is 16.2. The summed E-state index contributed by atoms with van der Waals surface area (Å²) in [4.78, 5) is 10.0. The molecule has 4 rings (SSSR count). The highest BCUT2D eigenvalue weighted by Crippen LogP contribution is 2.26. The molecular formula is C20H18F4N6O. The lowest BCUT2D eigenvalue weighted by molar-refractivity contribution is -0.0498. The minimum atomic E-state index is -2.90. The van der Waals surface area contributed by atoms with Crippen LogP contribution in [0.1, 0.15) is 12.8 Å². The van der Waals surface area contributed by atoms with E-state index in [1.165, 1.54) is 18.3 Å². The molecule has 31 heavy (non-hydrogen) atoms. The van der Waals surface area contributed by atoms with Gasteiger partial charge in [-0.15, -0.1) is 5.10 Å². The number of ether oxygens (including phenoxy) is 1. The molecule has 1 aliphatic heterocycles. The quantitative estimate of drug-likeness (QED) is 0.578. The number of aromatic nitrogens is 4. The van der Waals surface area contributed by atoms with Crippen LogP contribution in [0.5, 0.6) is 5.75 Å². The number of benzene rings is 1. The van der Waals surface area contributed by atoms with Crippen molar-refractivity contribution in [3.63, 3.8) is 0 Å². The molecule has 0 radical (unpaired) electrons. The summed E-state index contributed by atoms with van der Waals surface area (Å²) in [6.45, 7) is -2.00. The van der Waals surface area contributed by atoms with Crippen molar-refractivity contribution in [1.82, 2.24) is 20.2 Å². The topological polar surface area (TPSA) is 76.1 Å². The molecule has 11 heteroatoms. The van der Waals surface area contributed by atoms with Crippen molar-refractivity contribution in [2.75, 3.05) is 23.3 Å². The van der Waals surface area contributed by atoms with E-state index < -0.39 is 18.6 Å². The Hall–Kier alpha value is -3.50. The van der Waals surface area contributed by atoms with E-state index in [0.717, 1.165) is 6.20 Å². The van der Waals surface area contributed by atoms with E-state index in [9.17, 15) is 17.6 Å². The molecule has 1 fully saturated rings. The van der Waals surface area contributed by atoms with Crippen LogP contribution in [0.4, 0.5) is 35.1 Å². The molecule has 0 spiro atoms. The number of alkyl halides is 3. The second-order valence-corrected chi connectivity index (χ2v) is 6.89. The van der Waals surface area contributed by atoms with Crippen LogP contribution in [0.3, 0.4) is 0 Å². The van der Waals surface area contributed by atoms with Crippen LogP contribution in [-0.2, 0) is 0 Å². The van der Waals surface area contributed by atoms with Gasteiger partial charge in [0, 0.05) is 18.7 Å². The van der Waals surface area contributed by atoms with Crippen LogP contribution in [0.2, 0.25) is 0 Å². The average molecular weight is 434 g/mol. The number of piperidine rings is 1. The van der Waals surface area contributed by atoms with E-state index in [4.69, 9.17) is 0 Å². The fourth-order valence-electron chi connectivity index (χ4n) is 3.18. The summed E-state index contributed by atoms with van der Waals surface area (Å²) in [5.74, 6) is -0.193. The van der Waals surface area contributed by atoms with Gasteiger partial charge in [0.15, 0.2) is 17.5 Å². The van der Waals surface area contributed by atoms with E-state index in [1.54, 1.807) is 23.1 Å². The molecule has 1 N–H and O–H groups in total. The third-order valence-electron chi connectivity index (χ3n) is 4.75. The minimum Gasteiger partial charge on any atom is -0.435 e. The van der Waals surface area contributed by atoms with Crippen molar-refractivity contribution in [3.8, 4) is 16.9 Å². The van der Waals surface area contributed by atoms with Crippen LogP contribution in [0.15, 0.2) is 42.7 Å². The van der Waals surface area contributed by atoms with Crippen molar-refractivity contribution in [3.05, 3.63) is 48.5 Å². The van der Waals surface area contributed by atoms with Gasteiger partial charge in [-0.25, -0.2) is 13.8 Å². The van der Waals surface area contributed by atoms with Gasteiger partial charge in [0.25, 0.3) is 0 Å². The predicted octanol–water partition coefficient (Wildman–Crippen LogP) is 4.36. The largest absolute Gasteiger partial charge is 0.435 e. The van der Waals surface area contributed by atoms with Gasteiger partial charge in [-0.05, 0) is 36.6 Å². The molecule has 1 aromatic carbocycles. The highest BCUT2D eigenvalue weighted by Gasteiger charge is 2.21. The standard InChI is InChI=1S/C20H18F4N6O/c21-14-5-7-30(8-6-14)20-25-11-16(22)18(28-20)27-17-9-13(10-26-29-17)12-1-3-15(4-2-12)31-19(23)24/h1-4,9-11,14,19H,5-8H2,(H,25,27,28,29). The molecule has 3 heterocycles. The van der Waals surface area contributed by atoms with Crippen molar-refractivity contribution in [2.24, 2.45) is 0 Å². The first-order valence-electron chi connectivity index (χ1n) is 9.54. The molecule has 1 aliphatic rings. The van der Waals surface area contributed by atoms with Crippen LogP contribution >= 0.6 is 0 Å². The smallest absolute Gasteiger partial charge is 0.387 e. The summed E-state index contributed by atoms with van der Waals surface area (Å²) in [5, 5.41) is 10.6. The predicted molar refractivity (Wildman–Crippen MR) is 106 cm³/mol. The van der Waals surface area contributed by atoms with Gasteiger partial charge < -0.3 is 15.0 Å². The average Bonchev–Trinajstić information content (AvgIpc) is 2.76. The third kappa shape index (κ3) is 5.16. The number of nitrogens with zero attached hydrogens (tertiary/aromatic N) is 5. The number of nitrogens with one attached hydrogen (secondary N) is 1. The summed E-state index contributed by atoms with van der Waals surface area (Å²) >= 11 is 0. The van der Waals surface area contributed by atoms with E-state index >= 15 is 0 Å². The first-order chi connectivity index (χ1) is 15.0. The highest BCUT2D eigenvalue weighted by atomic mass is 19.3. The maximum atomic E-state index is 14.3. The number of rotatable bonds is 6. The zero-order chi connectivity index (χ0) is 21.8. The molecule has 3 aromatic rings. The lowest BCUT2D eigenvalue weighted by Crippen LogP contribution is -2.35. The molecule has 162 valence electrons. The monoisotopic (exact) mass is 434 g/mol. The Labute approximate surface area is 175 Å². The Morgan fingerprint density at radius 1 is 1.06 bits per heavy atom. The van der Waals surface area contributed by atoms with Gasteiger partial charge in [0.2, 0.25) is 5.95 Å². The summed E-state index contributed by atoms with van der Waals surface area (Å²) in [5.41, 5.74) is 1.30. The molecule has 0 atom stereocenters. The highest BCUT2D eigenvalue weighted by molar-refractivity contribution is 5.67. The maximum absolute atomic E-state index is 14.3. The van der Waals surface area contributed by atoms with E-state index in [0.29, 0.717) is 43.0 Å². The molecule has 0 unspecified atom stereocenters. The van der Waals surface area contributed by atoms with Gasteiger partial charge in [-0.2, -0.15) is 18.9 Å². The van der Waals surface area contributed by atoms with Gasteiger partial charge in [0.05, 0.1) is 12.4 Å². The molecule has 0 saturated carbocycles. The molecule has 0 amide bonds. The maximum Gasteiger partial charge on any atom is 0.387 e. The summed E-state index contributed by atoms with van der Waals surface area (Å²) in [6.07, 6.45) is 2.43. The fourth-order valence-corrected chi connectivity index (χ4v) is 3.18. The normalized spacial score (nSPS) is 14.7. The minimum absolute atomic E-state index is 0.0338. The molecular weight excluding hydrogens is 416 g/mol. The Morgan fingerprint density at radius 2 is 1.81 bits per heavy atom. The summed E-state index contributed by atoms with van der Waals surface area (Å²) in [7, 11) is 0. The second kappa shape index (κ2) is 9.11. The van der Waals surface area contributed by atoms with Crippen LogP contribution in [-0.4, -0.2) is 46.0 Å². The molecule has 1 saturated heterocycles. The Kier molecular flexibility index (Phi) is 6.10. The molecule has 2 aromatic heterocycles. The molecule has 0 aliphatic carbocycles. The summed E-state index contributed by atoms with van der Waals surface area (Å²) < 4.78 is 56.5. The summed E-state index contributed by atoms with van der Waals surface area (Å²) in [6, 6.07) is 7.62. The fraction of sp³-hybridized carbons (Fsp3) is 0.300. The van der Waals surface area contributed by atoms with Crippen molar-refractivity contribution < 1.29 is 22.3 Å². The first kappa shape index (κ1) is 20.8. The number of halogens is 4. The van der Waals surface area contributed by atoms with Crippen LogP contribution in [0, 0.1) is 5.82 Å². The third-order valence-corrected chi connectivity index (χ3v) is 4.75. The van der Waals surface area contributed by atoms with Gasteiger partial charge in [-0.1, -0.05) is 12.1 Å². The van der Waals surface area contributed by atoms with Crippen molar-refractivity contribution >= 4 is 17.6 Å². The number of anilines is 3. The van der Waals surface area contributed by atoms with Gasteiger partial charge >= 0.3 is 6.61 Å². The van der Waals surface area contributed by atoms with Crippen LogP contribution in [0.25, 0.3) is 11.1 Å². The molecule has 7 nitrogen and oxygen atoms in total. The van der Waals surface area contributed by atoms with Crippen molar-refractivity contribution in [1.29, 1.82) is 0 Å².